The second-order valence-corrected chi connectivity index (χ2v) is 13.5. The minimum absolute atomic E-state index is 0.214. The van der Waals surface area contributed by atoms with Crippen LogP contribution in [0.25, 0.3) is 0 Å². The fourth-order valence-electron chi connectivity index (χ4n) is 7.39. The number of rotatable bonds is 11. The molecule has 2 aliphatic carbocycles. The van der Waals surface area contributed by atoms with E-state index < -0.39 is 100 Å². The van der Waals surface area contributed by atoms with Gasteiger partial charge in [0.1, 0.15) is 29.6 Å². The third-order valence-corrected chi connectivity index (χ3v) is 10.7. The maximum absolute atomic E-state index is 13.6. The zero-order valence-electron chi connectivity index (χ0n) is 22.8. The third-order valence-electron chi connectivity index (χ3n) is 9.66. The zero-order valence-corrected chi connectivity index (χ0v) is 23.6. The van der Waals surface area contributed by atoms with Gasteiger partial charge in [-0.2, -0.15) is 17.2 Å². The first-order chi connectivity index (χ1) is 19.1. The average molecular weight is 609 g/mol. The number of alkyl halides is 2. The largest absolute Gasteiger partial charge is 0.459 e. The van der Waals surface area contributed by atoms with E-state index in [1.54, 1.807) is 0 Å². The van der Waals surface area contributed by atoms with Crippen LogP contribution in [0.2, 0.25) is 0 Å². The summed E-state index contributed by atoms with van der Waals surface area (Å²) >= 11 is 0. The van der Waals surface area contributed by atoms with Gasteiger partial charge in [0.15, 0.2) is 18.3 Å². The SMILES string of the molecule is CCC(C)(OC(=O)C1C2OC3C(OC(=O)C31)C2OC(=O)CCC(=O)OC(C)C(F)(F)S(=O)(=O)O)C1CC2CCC1C2. The second kappa shape index (κ2) is 10.4. The van der Waals surface area contributed by atoms with E-state index in [1.807, 2.05) is 13.8 Å². The third kappa shape index (κ3) is 5.11. The smallest absolute Gasteiger partial charge is 0.405 e. The van der Waals surface area contributed by atoms with E-state index in [0.29, 0.717) is 25.2 Å². The maximum Gasteiger partial charge on any atom is 0.405 e. The molecule has 41 heavy (non-hydrogen) atoms. The Morgan fingerprint density at radius 3 is 2.37 bits per heavy atom. The highest BCUT2D eigenvalue weighted by Crippen LogP contribution is 2.55. The summed E-state index contributed by atoms with van der Waals surface area (Å²) in [6, 6.07) is 0. The molecule has 0 spiro atoms. The molecule has 3 aliphatic heterocycles. The topological polar surface area (TPSA) is 169 Å². The average Bonchev–Trinajstić information content (AvgIpc) is 3.69. The predicted octanol–water partition coefficient (Wildman–Crippen LogP) is 2.18. The minimum atomic E-state index is -5.84. The van der Waals surface area contributed by atoms with E-state index in [2.05, 4.69) is 4.74 Å². The van der Waals surface area contributed by atoms with Crippen LogP contribution in [0.15, 0.2) is 0 Å². The van der Waals surface area contributed by atoms with E-state index in [1.165, 1.54) is 6.42 Å². The molecule has 5 aliphatic rings. The molecular weight excluding hydrogens is 574 g/mol. The summed E-state index contributed by atoms with van der Waals surface area (Å²) in [6.07, 6.45) is -2.85. The van der Waals surface area contributed by atoms with Gasteiger partial charge in [-0.05, 0) is 51.4 Å². The summed E-state index contributed by atoms with van der Waals surface area (Å²) in [5.74, 6) is -4.21. The number of carbonyl (C=O) groups excluding carboxylic acids is 4. The molecule has 15 heteroatoms. The van der Waals surface area contributed by atoms with Gasteiger partial charge in [0.25, 0.3) is 0 Å². The number of hydrogen-bond acceptors (Lipinski definition) is 11. The van der Waals surface area contributed by atoms with Crippen molar-refractivity contribution in [2.24, 2.45) is 29.6 Å². The Bertz CT molecular complexity index is 1220. The molecule has 11 atom stereocenters. The highest BCUT2D eigenvalue weighted by molar-refractivity contribution is 7.86. The van der Waals surface area contributed by atoms with Crippen LogP contribution in [-0.4, -0.2) is 78.2 Å². The lowest BCUT2D eigenvalue weighted by Crippen LogP contribution is -2.50. The molecule has 230 valence electrons. The minimum Gasteiger partial charge on any atom is -0.459 e. The molecular formula is C26H34F2O12S. The number of halogens is 2. The molecule has 4 bridgehead atoms. The fourth-order valence-corrected chi connectivity index (χ4v) is 7.86. The Morgan fingerprint density at radius 1 is 1.10 bits per heavy atom. The molecule has 2 saturated carbocycles. The van der Waals surface area contributed by atoms with Crippen LogP contribution in [0.4, 0.5) is 8.78 Å². The summed E-state index contributed by atoms with van der Waals surface area (Å²) in [5, 5.41) is -4.75. The van der Waals surface area contributed by atoms with Crippen LogP contribution in [0, 0.1) is 29.6 Å². The van der Waals surface area contributed by atoms with Crippen molar-refractivity contribution in [1.29, 1.82) is 0 Å². The van der Waals surface area contributed by atoms with Gasteiger partial charge in [0.2, 0.25) is 0 Å². The second-order valence-electron chi connectivity index (χ2n) is 12.0. The van der Waals surface area contributed by atoms with Crippen molar-refractivity contribution in [3.8, 4) is 0 Å². The lowest BCUT2D eigenvalue weighted by Gasteiger charge is -2.40. The van der Waals surface area contributed by atoms with E-state index in [4.69, 9.17) is 23.5 Å². The molecule has 0 aromatic rings. The highest BCUT2D eigenvalue weighted by Gasteiger charge is 2.72. The van der Waals surface area contributed by atoms with E-state index >= 15 is 0 Å². The first kappa shape index (κ1) is 30.1. The molecule has 3 heterocycles. The molecule has 5 rings (SSSR count). The number of esters is 4. The van der Waals surface area contributed by atoms with Crippen molar-refractivity contribution < 1.29 is 64.6 Å². The quantitative estimate of drug-likeness (QED) is 0.206. The summed E-state index contributed by atoms with van der Waals surface area (Å²) < 4.78 is 84.6. The van der Waals surface area contributed by atoms with Crippen molar-refractivity contribution in [1.82, 2.24) is 0 Å². The van der Waals surface area contributed by atoms with Gasteiger partial charge in [-0.15, -0.1) is 0 Å². The monoisotopic (exact) mass is 608 g/mol. The van der Waals surface area contributed by atoms with Gasteiger partial charge in [0, 0.05) is 5.92 Å². The van der Waals surface area contributed by atoms with Gasteiger partial charge in [0.05, 0.1) is 12.8 Å². The fraction of sp³-hybridized carbons (Fsp3) is 0.846. The van der Waals surface area contributed by atoms with Crippen LogP contribution in [0.3, 0.4) is 0 Å². The first-order valence-corrected chi connectivity index (χ1v) is 15.3. The maximum atomic E-state index is 13.6. The Labute approximate surface area is 235 Å². The number of carbonyl (C=O) groups is 4. The summed E-state index contributed by atoms with van der Waals surface area (Å²) in [4.78, 5) is 50.7. The summed E-state index contributed by atoms with van der Waals surface area (Å²) in [5.41, 5.74) is -0.726. The molecule has 12 nitrogen and oxygen atoms in total. The van der Waals surface area contributed by atoms with Crippen LogP contribution in [0.5, 0.6) is 0 Å². The molecule has 0 radical (unpaired) electrons. The van der Waals surface area contributed by atoms with Crippen LogP contribution in [-0.2, 0) is 53.0 Å². The van der Waals surface area contributed by atoms with Crippen LogP contribution < -0.4 is 0 Å². The normalized spacial score (nSPS) is 37.4. The van der Waals surface area contributed by atoms with Crippen molar-refractivity contribution in [3.05, 3.63) is 0 Å². The Morgan fingerprint density at radius 2 is 1.78 bits per heavy atom. The highest BCUT2D eigenvalue weighted by atomic mass is 32.2. The lowest BCUT2D eigenvalue weighted by molar-refractivity contribution is -0.179. The Balaban J connectivity index is 1.20. The molecule has 5 fully saturated rings. The Hall–Kier alpha value is -2.39. The van der Waals surface area contributed by atoms with Crippen molar-refractivity contribution in [2.45, 2.75) is 107 Å². The number of fused-ring (bicyclic) bond motifs is 3. The van der Waals surface area contributed by atoms with Crippen molar-refractivity contribution in [2.75, 3.05) is 0 Å². The van der Waals surface area contributed by atoms with Crippen LogP contribution in [0.1, 0.15) is 65.7 Å². The van der Waals surface area contributed by atoms with Crippen LogP contribution >= 0.6 is 0 Å². The predicted molar refractivity (Wildman–Crippen MR) is 130 cm³/mol. The molecule has 0 amide bonds. The van der Waals surface area contributed by atoms with E-state index in [0.717, 1.165) is 19.3 Å². The van der Waals surface area contributed by atoms with Crippen molar-refractivity contribution >= 4 is 34.0 Å². The van der Waals surface area contributed by atoms with E-state index in [-0.39, 0.29) is 5.92 Å². The molecule has 0 aromatic carbocycles. The molecule has 0 aromatic heterocycles. The van der Waals surface area contributed by atoms with Gasteiger partial charge in [-0.25, -0.2) is 0 Å². The number of hydrogen-bond donors (Lipinski definition) is 1. The summed E-state index contributed by atoms with van der Waals surface area (Å²) in [7, 11) is -5.84. The molecule has 1 N–H and O–H groups in total. The Kier molecular flexibility index (Phi) is 7.63. The van der Waals surface area contributed by atoms with Gasteiger partial charge >= 0.3 is 39.2 Å². The molecule has 11 unspecified atom stereocenters. The van der Waals surface area contributed by atoms with Gasteiger partial charge < -0.3 is 23.7 Å². The van der Waals surface area contributed by atoms with Gasteiger partial charge in [-0.3, -0.25) is 23.7 Å². The lowest BCUT2D eigenvalue weighted by atomic mass is 9.75. The standard InChI is InChI=1S/C26H34F2O12S/c1-4-25(3,14-10-12-5-6-13(14)9-12)40-24(32)18-17-19-22(39-23(17)31)21(20(18)38-19)37-16(30)8-7-15(29)36-11(2)26(27,28)41(33,34)35/h11-14,17-22H,4-10H2,1-3H3,(H,33,34,35). The van der Waals surface area contributed by atoms with Gasteiger partial charge in [-0.1, -0.05) is 13.3 Å². The first-order valence-electron chi connectivity index (χ1n) is 13.9. The number of ether oxygens (including phenoxy) is 5. The zero-order chi connectivity index (χ0) is 30.1. The molecule has 3 saturated heterocycles. The van der Waals surface area contributed by atoms with Crippen molar-refractivity contribution in [3.63, 3.8) is 0 Å². The summed E-state index contributed by atoms with van der Waals surface area (Å²) in [6.45, 7) is 4.45. The van der Waals surface area contributed by atoms with E-state index in [9.17, 15) is 36.4 Å².